The molecule has 0 bridgehead atoms. The Bertz CT molecular complexity index is 303. The first-order valence-corrected chi connectivity index (χ1v) is 4.30. The van der Waals surface area contributed by atoms with E-state index in [9.17, 15) is 5.11 Å². The molecule has 0 saturated carbocycles. The maximum Gasteiger partial charge on any atom is 1.00 e. The van der Waals surface area contributed by atoms with Crippen molar-refractivity contribution in [2.75, 3.05) is 7.11 Å². The van der Waals surface area contributed by atoms with Crippen LogP contribution in [0.5, 0.6) is 11.5 Å². The Morgan fingerprint density at radius 3 is 2.14 bits per heavy atom. The maximum absolute atomic E-state index is 11.4. The summed E-state index contributed by atoms with van der Waals surface area (Å²) in [6.45, 7) is 6.23. The summed E-state index contributed by atoms with van der Waals surface area (Å²) in [6, 6.07) is 5.29. The minimum atomic E-state index is -0.0464. The van der Waals surface area contributed by atoms with Gasteiger partial charge in [0.25, 0.3) is 0 Å². The Kier molecular flexibility index (Phi) is 5.70. The van der Waals surface area contributed by atoms with Crippen molar-refractivity contribution in [1.29, 1.82) is 0 Å². The second-order valence-corrected chi connectivity index (χ2v) is 4.12. The topological polar surface area (TPSA) is 32.3 Å². The summed E-state index contributed by atoms with van der Waals surface area (Å²) in [5.41, 5.74) is 1.06. The molecule has 0 aliphatic rings. The van der Waals surface area contributed by atoms with E-state index in [-0.39, 0.29) is 62.5 Å². The summed E-state index contributed by atoms with van der Waals surface area (Å²) < 4.78 is 4.90. The van der Waals surface area contributed by atoms with Crippen molar-refractivity contribution in [2.24, 2.45) is 0 Å². The average molecular weight is 218 g/mol. The fraction of sp³-hybridized carbons (Fsp3) is 0.455. The molecule has 0 aliphatic heterocycles. The molecule has 72 valence electrons. The Labute approximate surface area is 128 Å². The van der Waals surface area contributed by atoms with Crippen LogP contribution in [0.3, 0.4) is 0 Å². The van der Waals surface area contributed by atoms with E-state index in [1.165, 1.54) is 7.11 Å². The standard InChI is InChI=1S/C11H16O2.K/c1-11(2,3)8-5-6-10(13-4)9(12)7-8;/h5-7,12H,1-4H3;/q;+1/p-1. The van der Waals surface area contributed by atoms with Crippen molar-refractivity contribution < 1.29 is 61.2 Å². The summed E-state index contributed by atoms with van der Waals surface area (Å²) >= 11 is 0. The van der Waals surface area contributed by atoms with Crippen LogP contribution in [-0.2, 0) is 5.41 Å². The number of rotatable bonds is 1. The molecular weight excluding hydrogens is 203 g/mol. The van der Waals surface area contributed by atoms with Gasteiger partial charge in [0.05, 0.1) is 7.11 Å². The summed E-state index contributed by atoms with van der Waals surface area (Å²) in [6.07, 6.45) is 0. The second-order valence-electron chi connectivity index (χ2n) is 4.12. The molecule has 0 saturated heterocycles. The van der Waals surface area contributed by atoms with Gasteiger partial charge in [-0.3, -0.25) is 0 Å². The number of benzene rings is 1. The third-order valence-corrected chi connectivity index (χ3v) is 2.03. The van der Waals surface area contributed by atoms with Crippen LogP contribution in [0.1, 0.15) is 26.3 Å². The first-order valence-electron chi connectivity index (χ1n) is 4.30. The van der Waals surface area contributed by atoms with Crippen molar-refractivity contribution in [3.63, 3.8) is 0 Å². The van der Waals surface area contributed by atoms with Crippen LogP contribution in [0.4, 0.5) is 0 Å². The molecule has 2 nitrogen and oxygen atoms in total. The number of hydrogen-bond acceptors (Lipinski definition) is 2. The molecule has 0 radical (unpaired) electrons. The molecule has 0 heterocycles. The van der Waals surface area contributed by atoms with E-state index in [1.54, 1.807) is 12.1 Å². The molecule has 14 heavy (non-hydrogen) atoms. The average Bonchev–Trinajstić information content (AvgIpc) is 2.02. The van der Waals surface area contributed by atoms with Gasteiger partial charge in [-0.1, -0.05) is 38.7 Å². The molecule has 0 amide bonds. The summed E-state index contributed by atoms with van der Waals surface area (Å²) in [5, 5.41) is 11.4. The number of methoxy groups -OCH3 is 1. The van der Waals surface area contributed by atoms with Crippen molar-refractivity contribution in [1.82, 2.24) is 0 Å². The van der Waals surface area contributed by atoms with Gasteiger partial charge in [-0.05, 0) is 17.0 Å². The van der Waals surface area contributed by atoms with Crippen LogP contribution in [-0.4, -0.2) is 7.11 Å². The normalized spacial score (nSPS) is 10.6. The second kappa shape index (κ2) is 5.52. The van der Waals surface area contributed by atoms with E-state index in [0.29, 0.717) is 5.75 Å². The molecule has 0 aliphatic carbocycles. The van der Waals surface area contributed by atoms with Crippen molar-refractivity contribution >= 4 is 0 Å². The zero-order valence-electron chi connectivity index (χ0n) is 9.55. The summed E-state index contributed by atoms with van der Waals surface area (Å²) in [5.74, 6) is 0.364. The van der Waals surface area contributed by atoms with Gasteiger partial charge < -0.3 is 9.84 Å². The van der Waals surface area contributed by atoms with E-state index in [2.05, 4.69) is 20.8 Å². The summed E-state index contributed by atoms with van der Waals surface area (Å²) in [7, 11) is 1.51. The number of ether oxygens (including phenoxy) is 1. The Morgan fingerprint density at radius 2 is 1.79 bits per heavy atom. The molecule has 0 aromatic heterocycles. The molecule has 0 N–H and O–H groups in total. The minimum Gasteiger partial charge on any atom is -0.870 e. The fourth-order valence-corrected chi connectivity index (χ4v) is 1.14. The van der Waals surface area contributed by atoms with E-state index in [0.717, 1.165) is 5.56 Å². The summed E-state index contributed by atoms with van der Waals surface area (Å²) in [4.78, 5) is 0. The predicted octanol–water partition coefficient (Wildman–Crippen LogP) is -0.930. The third kappa shape index (κ3) is 3.55. The Hall–Kier alpha value is 0.456. The van der Waals surface area contributed by atoms with Crippen LogP contribution in [0.15, 0.2) is 18.2 Å². The van der Waals surface area contributed by atoms with Gasteiger partial charge in [0.2, 0.25) is 0 Å². The van der Waals surface area contributed by atoms with Gasteiger partial charge in [0.1, 0.15) is 5.75 Å². The van der Waals surface area contributed by atoms with E-state index >= 15 is 0 Å². The molecule has 0 atom stereocenters. The van der Waals surface area contributed by atoms with Gasteiger partial charge in [-0.2, -0.15) is 0 Å². The first kappa shape index (κ1) is 14.5. The molecule has 1 rings (SSSR count). The Morgan fingerprint density at radius 1 is 1.21 bits per heavy atom. The van der Waals surface area contributed by atoms with Crippen molar-refractivity contribution in [3.05, 3.63) is 23.8 Å². The molecule has 0 fully saturated rings. The van der Waals surface area contributed by atoms with Crippen LogP contribution in [0.2, 0.25) is 0 Å². The zero-order valence-corrected chi connectivity index (χ0v) is 12.7. The largest absolute Gasteiger partial charge is 1.00 e. The predicted molar refractivity (Wildman–Crippen MR) is 51.1 cm³/mol. The van der Waals surface area contributed by atoms with Crippen LogP contribution < -0.4 is 61.2 Å². The minimum absolute atomic E-state index is 0. The van der Waals surface area contributed by atoms with Gasteiger partial charge in [0.15, 0.2) is 0 Å². The molecular formula is C11H15KO2. The smallest absolute Gasteiger partial charge is 0.870 e. The van der Waals surface area contributed by atoms with Gasteiger partial charge in [-0.15, -0.1) is 0 Å². The maximum atomic E-state index is 11.4. The molecule has 0 spiro atoms. The monoisotopic (exact) mass is 218 g/mol. The zero-order chi connectivity index (χ0) is 10.1. The quantitative estimate of drug-likeness (QED) is 0.571. The molecule has 1 aromatic carbocycles. The van der Waals surface area contributed by atoms with E-state index < -0.39 is 0 Å². The molecule has 0 unspecified atom stereocenters. The fourth-order valence-electron chi connectivity index (χ4n) is 1.14. The van der Waals surface area contributed by atoms with E-state index in [4.69, 9.17) is 4.74 Å². The SMILES string of the molecule is COc1ccc(C(C)(C)C)cc1[O-].[K+]. The molecule has 3 heteroatoms. The first-order chi connectivity index (χ1) is 5.95. The third-order valence-electron chi connectivity index (χ3n) is 2.03. The van der Waals surface area contributed by atoms with Crippen molar-refractivity contribution in [3.8, 4) is 11.5 Å². The number of hydrogen-bond donors (Lipinski definition) is 0. The van der Waals surface area contributed by atoms with Crippen LogP contribution >= 0.6 is 0 Å². The van der Waals surface area contributed by atoms with Crippen LogP contribution in [0, 0.1) is 0 Å². The van der Waals surface area contributed by atoms with Gasteiger partial charge in [-0.25, -0.2) is 0 Å². The van der Waals surface area contributed by atoms with Gasteiger partial charge in [0, 0.05) is 0 Å². The van der Waals surface area contributed by atoms with E-state index in [1.807, 2.05) is 6.07 Å². The van der Waals surface area contributed by atoms with Crippen molar-refractivity contribution in [2.45, 2.75) is 26.2 Å². The molecule has 1 aromatic rings. The van der Waals surface area contributed by atoms with Gasteiger partial charge >= 0.3 is 51.4 Å². The van der Waals surface area contributed by atoms with Crippen LogP contribution in [0.25, 0.3) is 0 Å². The Balaban J connectivity index is 0.00000169.